The summed E-state index contributed by atoms with van der Waals surface area (Å²) >= 11 is 6.89. The Morgan fingerprint density at radius 1 is 0.955 bits per heavy atom. The van der Waals surface area contributed by atoms with Crippen molar-refractivity contribution in [2.24, 2.45) is 0 Å². The third kappa shape index (κ3) is 7.48. The molecule has 2 N–H and O–H groups in total. The van der Waals surface area contributed by atoms with E-state index in [2.05, 4.69) is 42.5 Å². The third-order valence-corrected chi connectivity index (χ3v) is 7.78. The number of nitrogens with zero attached hydrogens (tertiary/aromatic N) is 1. The fourth-order valence-corrected chi connectivity index (χ4v) is 5.76. The van der Waals surface area contributed by atoms with Gasteiger partial charge in [0.2, 0.25) is 0 Å². The molecule has 0 unspecified atom stereocenters. The van der Waals surface area contributed by atoms with Gasteiger partial charge in [0, 0.05) is 11.8 Å². The van der Waals surface area contributed by atoms with E-state index in [0.717, 1.165) is 22.4 Å². The normalized spacial score (nSPS) is 14.0. The van der Waals surface area contributed by atoms with Gasteiger partial charge in [-0.05, 0) is 112 Å². The first kappa shape index (κ1) is 32.7. The van der Waals surface area contributed by atoms with E-state index >= 15 is 0 Å². The van der Waals surface area contributed by atoms with Crippen molar-refractivity contribution in [1.29, 1.82) is 0 Å². The molecule has 3 aromatic rings. The standard InChI is InChI=1S/C32H31Br2N3O7/c1-5-12-43-26-11-10-21(16-27(26)42-6-2)37-31(40)22(30(39)36-32(37)41)13-20-14-23(33)29(24(34)15-20)44-17-28(38)35-25-9-7-8-18(3)19(25)4/h7-11,13-16H,5-6,12,17H2,1-4H3,(H,35,38)(H,36,39,41)/b22-13+. The molecule has 4 rings (SSSR count). The molecule has 12 heteroatoms. The number of anilines is 2. The number of halogens is 2. The monoisotopic (exact) mass is 727 g/mol. The average molecular weight is 729 g/mol. The van der Waals surface area contributed by atoms with E-state index in [0.29, 0.717) is 50.7 Å². The summed E-state index contributed by atoms with van der Waals surface area (Å²) in [4.78, 5) is 52.5. The van der Waals surface area contributed by atoms with Gasteiger partial charge >= 0.3 is 6.03 Å². The van der Waals surface area contributed by atoms with Crippen molar-refractivity contribution >= 4 is 73.1 Å². The summed E-state index contributed by atoms with van der Waals surface area (Å²) in [5, 5.41) is 5.07. The van der Waals surface area contributed by atoms with E-state index in [9.17, 15) is 19.2 Å². The highest BCUT2D eigenvalue weighted by Gasteiger charge is 2.37. The number of nitrogens with one attached hydrogen (secondary N) is 2. The van der Waals surface area contributed by atoms with Crippen LogP contribution in [-0.4, -0.2) is 43.6 Å². The maximum atomic E-state index is 13.5. The van der Waals surface area contributed by atoms with Gasteiger partial charge in [-0.1, -0.05) is 19.1 Å². The molecule has 0 radical (unpaired) electrons. The lowest BCUT2D eigenvalue weighted by molar-refractivity contribution is -0.122. The molecule has 0 atom stereocenters. The summed E-state index contributed by atoms with van der Waals surface area (Å²) < 4.78 is 18.1. The molecule has 1 heterocycles. The molecule has 0 saturated carbocycles. The molecule has 0 aromatic heterocycles. The molecule has 44 heavy (non-hydrogen) atoms. The molecule has 0 bridgehead atoms. The zero-order valence-electron chi connectivity index (χ0n) is 24.6. The number of urea groups is 1. The Balaban J connectivity index is 1.54. The van der Waals surface area contributed by atoms with Crippen molar-refractivity contribution in [2.75, 3.05) is 30.0 Å². The molecule has 230 valence electrons. The molecule has 10 nitrogen and oxygen atoms in total. The average Bonchev–Trinajstić information content (AvgIpc) is 2.97. The largest absolute Gasteiger partial charge is 0.490 e. The summed E-state index contributed by atoms with van der Waals surface area (Å²) in [6, 6.07) is 12.7. The van der Waals surface area contributed by atoms with E-state index in [4.69, 9.17) is 14.2 Å². The highest BCUT2D eigenvalue weighted by atomic mass is 79.9. The fraction of sp³-hybridized carbons (Fsp3) is 0.250. The first-order chi connectivity index (χ1) is 21.0. The quantitative estimate of drug-likeness (QED) is 0.166. The highest BCUT2D eigenvalue weighted by Crippen LogP contribution is 2.37. The lowest BCUT2D eigenvalue weighted by atomic mass is 10.1. The number of barbiturate groups is 1. The predicted octanol–water partition coefficient (Wildman–Crippen LogP) is 6.70. The van der Waals surface area contributed by atoms with Crippen LogP contribution in [0.15, 0.2) is 63.0 Å². The van der Waals surface area contributed by atoms with Crippen molar-refractivity contribution in [3.63, 3.8) is 0 Å². The second-order valence-electron chi connectivity index (χ2n) is 9.77. The third-order valence-electron chi connectivity index (χ3n) is 6.61. The second-order valence-corrected chi connectivity index (χ2v) is 11.5. The Labute approximate surface area is 272 Å². The number of hydrogen-bond acceptors (Lipinski definition) is 7. The number of imide groups is 2. The molecule has 1 fully saturated rings. The maximum absolute atomic E-state index is 13.5. The van der Waals surface area contributed by atoms with E-state index in [1.807, 2.05) is 45.9 Å². The number of rotatable bonds is 11. The first-order valence-electron chi connectivity index (χ1n) is 13.8. The summed E-state index contributed by atoms with van der Waals surface area (Å²) in [6.07, 6.45) is 2.16. The number of carbonyl (C=O) groups is 4. The summed E-state index contributed by atoms with van der Waals surface area (Å²) in [5.41, 5.74) is 3.15. The van der Waals surface area contributed by atoms with E-state index in [1.165, 1.54) is 12.1 Å². The van der Waals surface area contributed by atoms with Crippen LogP contribution in [0.5, 0.6) is 17.2 Å². The zero-order valence-corrected chi connectivity index (χ0v) is 27.8. The number of benzene rings is 3. The molecule has 1 aliphatic rings. The minimum absolute atomic E-state index is 0.212. The first-order valence-corrected chi connectivity index (χ1v) is 15.4. The lowest BCUT2D eigenvalue weighted by Crippen LogP contribution is -2.54. The van der Waals surface area contributed by atoms with Crippen LogP contribution in [0.4, 0.5) is 16.2 Å². The minimum Gasteiger partial charge on any atom is -0.490 e. The Hall–Kier alpha value is -4.16. The molecule has 5 amide bonds. The van der Waals surface area contributed by atoms with Gasteiger partial charge in [0.05, 0.1) is 27.8 Å². The number of carbonyl (C=O) groups excluding carboxylic acids is 4. The maximum Gasteiger partial charge on any atom is 0.335 e. The van der Waals surface area contributed by atoms with Gasteiger partial charge in [-0.3, -0.25) is 19.7 Å². The molecule has 3 aromatic carbocycles. The molecular weight excluding hydrogens is 698 g/mol. The minimum atomic E-state index is -0.882. The second kappa shape index (κ2) is 14.5. The molecule has 0 aliphatic carbocycles. The van der Waals surface area contributed by atoms with Crippen molar-refractivity contribution in [1.82, 2.24) is 5.32 Å². The number of ether oxygens (including phenoxy) is 3. The van der Waals surface area contributed by atoms with Crippen LogP contribution >= 0.6 is 31.9 Å². The number of amides is 5. The molecular formula is C32H31Br2N3O7. The summed E-state index contributed by atoms with van der Waals surface area (Å²) in [6.45, 7) is 8.23. The topological polar surface area (TPSA) is 123 Å². The van der Waals surface area contributed by atoms with E-state index in [-0.39, 0.29) is 23.8 Å². The van der Waals surface area contributed by atoms with Crippen LogP contribution in [0.3, 0.4) is 0 Å². The SMILES string of the molecule is CCCOc1ccc(N2C(=O)NC(=O)/C(=C\c3cc(Br)c(OCC(=O)Nc4cccc(C)c4C)c(Br)c3)C2=O)cc1OCC. The molecule has 1 aliphatic heterocycles. The van der Waals surface area contributed by atoms with E-state index < -0.39 is 17.8 Å². The Morgan fingerprint density at radius 2 is 1.68 bits per heavy atom. The van der Waals surface area contributed by atoms with Crippen LogP contribution in [0, 0.1) is 13.8 Å². The smallest absolute Gasteiger partial charge is 0.335 e. The van der Waals surface area contributed by atoms with Crippen molar-refractivity contribution in [3.8, 4) is 17.2 Å². The van der Waals surface area contributed by atoms with Crippen LogP contribution in [-0.2, 0) is 14.4 Å². The Morgan fingerprint density at radius 3 is 2.36 bits per heavy atom. The highest BCUT2D eigenvalue weighted by molar-refractivity contribution is 9.11. The fourth-order valence-electron chi connectivity index (χ4n) is 4.31. The van der Waals surface area contributed by atoms with Crippen LogP contribution < -0.4 is 29.7 Å². The van der Waals surface area contributed by atoms with Gasteiger partial charge in [0.15, 0.2) is 18.1 Å². The Kier molecular flexibility index (Phi) is 10.8. The zero-order chi connectivity index (χ0) is 32.0. The van der Waals surface area contributed by atoms with Crippen LogP contribution in [0.25, 0.3) is 6.08 Å². The molecule has 1 saturated heterocycles. The van der Waals surface area contributed by atoms with Crippen LogP contribution in [0.1, 0.15) is 37.0 Å². The van der Waals surface area contributed by atoms with Crippen molar-refractivity contribution in [3.05, 3.63) is 79.7 Å². The predicted molar refractivity (Wildman–Crippen MR) is 174 cm³/mol. The van der Waals surface area contributed by atoms with Crippen molar-refractivity contribution in [2.45, 2.75) is 34.1 Å². The van der Waals surface area contributed by atoms with Gasteiger partial charge in [0.25, 0.3) is 17.7 Å². The van der Waals surface area contributed by atoms with Gasteiger partial charge in [0.1, 0.15) is 11.3 Å². The van der Waals surface area contributed by atoms with Gasteiger partial charge in [-0.2, -0.15) is 0 Å². The lowest BCUT2D eigenvalue weighted by Gasteiger charge is -2.27. The summed E-state index contributed by atoms with van der Waals surface area (Å²) in [5.74, 6) is -0.774. The van der Waals surface area contributed by atoms with Gasteiger partial charge < -0.3 is 19.5 Å². The van der Waals surface area contributed by atoms with Gasteiger partial charge in [-0.25, -0.2) is 9.69 Å². The van der Waals surface area contributed by atoms with Gasteiger partial charge in [-0.15, -0.1) is 0 Å². The summed E-state index contributed by atoms with van der Waals surface area (Å²) in [7, 11) is 0. The van der Waals surface area contributed by atoms with Crippen LogP contribution in [0.2, 0.25) is 0 Å². The Bertz CT molecular complexity index is 1630. The van der Waals surface area contributed by atoms with E-state index in [1.54, 1.807) is 24.3 Å². The number of hydrogen-bond donors (Lipinski definition) is 2. The van der Waals surface area contributed by atoms with Crippen molar-refractivity contribution < 1.29 is 33.4 Å². The number of aryl methyl sites for hydroxylation is 1. The molecule has 0 spiro atoms.